The van der Waals surface area contributed by atoms with Crippen molar-refractivity contribution in [2.45, 2.75) is 24.9 Å². The maximum atomic E-state index is 12.5. The van der Waals surface area contributed by atoms with E-state index in [4.69, 9.17) is 16.2 Å². The summed E-state index contributed by atoms with van der Waals surface area (Å²) in [6, 6.07) is 15.5. The number of ether oxygens (including phenoxy) is 1. The molecule has 1 aliphatic rings. The fraction of sp³-hybridized carbons (Fsp3) is 0.227. The molecule has 2 unspecified atom stereocenters. The highest BCUT2D eigenvalue weighted by molar-refractivity contribution is 5.94. The van der Waals surface area contributed by atoms with Gasteiger partial charge in [0.05, 0.1) is 18.7 Å². The Morgan fingerprint density at radius 1 is 1.13 bits per heavy atom. The van der Waals surface area contributed by atoms with Crippen LogP contribution in [0.25, 0.3) is 0 Å². The normalized spacial score (nSPS) is 18.2. The lowest BCUT2D eigenvalue weighted by Gasteiger charge is -2.29. The fourth-order valence-electron chi connectivity index (χ4n) is 4.03. The van der Waals surface area contributed by atoms with E-state index in [0.29, 0.717) is 17.1 Å². The van der Waals surface area contributed by atoms with Gasteiger partial charge in [-0.2, -0.15) is 0 Å². The molecule has 30 heavy (non-hydrogen) atoms. The van der Waals surface area contributed by atoms with E-state index in [1.165, 1.54) is 13.4 Å². The number of methoxy groups -OCH3 is 1. The molecule has 8 nitrogen and oxygen atoms in total. The average Bonchev–Trinajstić information content (AvgIpc) is 3.17. The Kier molecular flexibility index (Phi) is 5.14. The van der Waals surface area contributed by atoms with Crippen molar-refractivity contribution in [2.75, 3.05) is 29.2 Å². The molecule has 3 atom stereocenters. The van der Waals surface area contributed by atoms with E-state index in [1.54, 1.807) is 6.07 Å². The van der Waals surface area contributed by atoms with Crippen molar-refractivity contribution in [3.63, 3.8) is 0 Å². The summed E-state index contributed by atoms with van der Waals surface area (Å²) in [4.78, 5) is 20.6. The number of nitrogens with two attached hydrogens (primary N) is 2. The zero-order valence-corrected chi connectivity index (χ0v) is 16.8. The fourth-order valence-corrected chi connectivity index (χ4v) is 4.03. The molecule has 3 aromatic rings. The summed E-state index contributed by atoms with van der Waals surface area (Å²) in [5.74, 6) is 0.269. The van der Waals surface area contributed by atoms with E-state index in [1.807, 2.05) is 37.3 Å². The standard InChI is InChI=1S/C22H24N6O2/c1-12(27-21-18(23)20(24)25-11-26-21)19-16(13-7-4-3-5-8-13)17-14(22(29)30-2)9-6-10-15(17)28-19/h3-12,16,19,28H,23H2,1-2H3,(H3,24,25,26,27)/t12-,16?,19?/m0/s1. The van der Waals surface area contributed by atoms with Crippen LogP contribution in [0.15, 0.2) is 54.9 Å². The van der Waals surface area contributed by atoms with Gasteiger partial charge in [0.25, 0.3) is 0 Å². The van der Waals surface area contributed by atoms with Crippen LogP contribution >= 0.6 is 0 Å². The van der Waals surface area contributed by atoms with Crippen molar-refractivity contribution in [2.24, 2.45) is 0 Å². The molecular formula is C22H24N6O2. The first-order valence-corrected chi connectivity index (χ1v) is 9.66. The Labute approximate surface area is 174 Å². The number of anilines is 4. The Morgan fingerprint density at radius 3 is 2.63 bits per heavy atom. The summed E-state index contributed by atoms with van der Waals surface area (Å²) in [5, 5.41) is 6.93. The lowest BCUT2D eigenvalue weighted by Crippen LogP contribution is -2.39. The Hall–Kier alpha value is -3.81. The predicted molar refractivity (Wildman–Crippen MR) is 117 cm³/mol. The molecule has 0 fully saturated rings. The molecule has 0 saturated heterocycles. The summed E-state index contributed by atoms with van der Waals surface area (Å²) in [7, 11) is 1.39. The number of nitrogen functional groups attached to an aromatic ring is 2. The highest BCUT2D eigenvalue weighted by Crippen LogP contribution is 2.44. The molecule has 2 heterocycles. The number of fused-ring (bicyclic) bond motifs is 1. The Morgan fingerprint density at radius 2 is 1.90 bits per heavy atom. The van der Waals surface area contributed by atoms with E-state index in [9.17, 15) is 4.79 Å². The minimum atomic E-state index is -0.358. The van der Waals surface area contributed by atoms with Crippen LogP contribution in [-0.4, -0.2) is 35.1 Å². The van der Waals surface area contributed by atoms with Gasteiger partial charge in [0.1, 0.15) is 12.0 Å². The third-order valence-electron chi connectivity index (χ3n) is 5.48. The van der Waals surface area contributed by atoms with Gasteiger partial charge in [-0.25, -0.2) is 14.8 Å². The van der Waals surface area contributed by atoms with Crippen LogP contribution < -0.4 is 22.1 Å². The summed E-state index contributed by atoms with van der Waals surface area (Å²) >= 11 is 0. The molecule has 1 aromatic heterocycles. The smallest absolute Gasteiger partial charge is 0.338 e. The maximum absolute atomic E-state index is 12.5. The molecule has 2 aromatic carbocycles. The van der Waals surface area contributed by atoms with Crippen LogP contribution in [0.4, 0.5) is 23.0 Å². The van der Waals surface area contributed by atoms with Gasteiger partial charge in [-0.15, -0.1) is 0 Å². The molecule has 0 saturated carbocycles. The second kappa shape index (κ2) is 7.90. The molecule has 0 bridgehead atoms. The first-order valence-electron chi connectivity index (χ1n) is 9.66. The van der Waals surface area contributed by atoms with Gasteiger partial charge in [-0.05, 0) is 30.2 Å². The van der Waals surface area contributed by atoms with E-state index in [-0.39, 0.29) is 29.8 Å². The van der Waals surface area contributed by atoms with Gasteiger partial charge in [0, 0.05) is 17.6 Å². The molecule has 0 spiro atoms. The minimum Gasteiger partial charge on any atom is -0.465 e. The van der Waals surface area contributed by atoms with Crippen LogP contribution in [0, 0.1) is 0 Å². The number of aromatic nitrogens is 2. The van der Waals surface area contributed by atoms with Crippen molar-refractivity contribution in [3.05, 3.63) is 71.5 Å². The third-order valence-corrected chi connectivity index (χ3v) is 5.48. The lowest BCUT2D eigenvalue weighted by atomic mass is 9.83. The van der Waals surface area contributed by atoms with Gasteiger partial charge in [-0.1, -0.05) is 36.4 Å². The zero-order valence-electron chi connectivity index (χ0n) is 16.8. The second-order valence-electron chi connectivity index (χ2n) is 7.27. The predicted octanol–water partition coefficient (Wildman–Crippen LogP) is 2.85. The van der Waals surface area contributed by atoms with Crippen LogP contribution in [0.1, 0.15) is 34.3 Å². The topological polar surface area (TPSA) is 128 Å². The van der Waals surface area contributed by atoms with Crippen LogP contribution in [0.2, 0.25) is 0 Å². The van der Waals surface area contributed by atoms with Crippen LogP contribution in [0.5, 0.6) is 0 Å². The molecule has 154 valence electrons. The molecule has 0 aliphatic carbocycles. The molecule has 0 radical (unpaired) electrons. The number of carbonyl (C=O) groups excluding carboxylic acids is 1. The first kappa shape index (κ1) is 19.5. The number of nitrogens with one attached hydrogen (secondary N) is 2. The van der Waals surface area contributed by atoms with E-state index in [0.717, 1.165) is 16.8 Å². The van der Waals surface area contributed by atoms with E-state index >= 15 is 0 Å². The summed E-state index contributed by atoms with van der Waals surface area (Å²) < 4.78 is 5.04. The van der Waals surface area contributed by atoms with Gasteiger partial charge in [-0.3, -0.25) is 0 Å². The van der Waals surface area contributed by atoms with Crippen molar-refractivity contribution in [1.82, 2.24) is 9.97 Å². The van der Waals surface area contributed by atoms with Gasteiger partial charge < -0.3 is 26.8 Å². The molecule has 8 heteroatoms. The quantitative estimate of drug-likeness (QED) is 0.478. The van der Waals surface area contributed by atoms with Crippen molar-refractivity contribution in [3.8, 4) is 0 Å². The number of carbonyl (C=O) groups is 1. The van der Waals surface area contributed by atoms with Crippen molar-refractivity contribution < 1.29 is 9.53 Å². The van der Waals surface area contributed by atoms with Gasteiger partial charge in [0.15, 0.2) is 11.6 Å². The summed E-state index contributed by atoms with van der Waals surface area (Å²) in [6.45, 7) is 2.04. The molecule has 4 rings (SSSR count). The second-order valence-corrected chi connectivity index (χ2v) is 7.27. The average molecular weight is 404 g/mol. The van der Waals surface area contributed by atoms with Crippen LogP contribution in [0.3, 0.4) is 0 Å². The molecular weight excluding hydrogens is 380 g/mol. The SMILES string of the molecule is COC(=O)c1cccc2c1C(c1ccccc1)C([C@H](C)Nc1ncnc(N)c1N)N2. The van der Waals surface area contributed by atoms with Crippen molar-refractivity contribution in [1.29, 1.82) is 0 Å². The molecule has 0 amide bonds. The van der Waals surface area contributed by atoms with Gasteiger partial charge >= 0.3 is 5.97 Å². The lowest BCUT2D eigenvalue weighted by molar-refractivity contribution is 0.0599. The monoisotopic (exact) mass is 404 g/mol. The number of benzene rings is 2. The highest BCUT2D eigenvalue weighted by Gasteiger charge is 2.39. The maximum Gasteiger partial charge on any atom is 0.338 e. The number of esters is 1. The van der Waals surface area contributed by atoms with Gasteiger partial charge in [0.2, 0.25) is 0 Å². The minimum absolute atomic E-state index is 0.0798. The Balaban J connectivity index is 1.76. The highest BCUT2D eigenvalue weighted by atomic mass is 16.5. The summed E-state index contributed by atoms with van der Waals surface area (Å²) in [5.41, 5.74) is 15.6. The Bertz CT molecular complexity index is 1070. The number of nitrogens with zero attached hydrogens (tertiary/aromatic N) is 2. The van der Waals surface area contributed by atoms with Crippen molar-refractivity contribution >= 4 is 29.0 Å². The first-order chi connectivity index (χ1) is 14.5. The van der Waals surface area contributed by atoms with Crippen LogP contribution in [-0.2, 0) is 4.74 Å². The number of rotatable bonds is 5. The van der Waals surface area contributed by atoms with E-state index in [2.05, 4.69) is 32.7 Å². The molecule has 6 N–H and O–H groups in total. The largest absolute Gasteiger partial charge is 0.465 e. The number of hydrogen-bond acceptors (Lipinski definition) is 8. The van der Waals surface area contributed by atoms with E-state index < -0.39 is 0 Å². The number of hydrogen-bond donors (Lipinski definition) is 4. The zero-order chi connectivity index (χ0) is 21.3. The summed E-state index contributed by atoms with van der Waals surface area (Å²) in [6.07, 6.45) is 1.38. The third kappa shape index (κ3) is 3.36. The molecule has 1 aliphatic heterocycles.